The van der Waals surface area contributed by atoms with Crippen LogP contribution in [0.25, 0.3) is 0 Å². The zero-order chi connectivity index (χ0) is 23.6. The van der Waals surface area contributed by atoms with Gasteiger partial charge in [-0.3, -0.25) is 4.79 Å². The normalized spacial score (nSPS) is 18.6. The van der Waals surface area contributed by atoms with Crippen molar-refractivity contribution in [3.05, 3.63) is 53.6 Å². The van der Waals surface area contributed by atoms with E-state index in [1.165, 1.54) is 16.4 Å². The maximum absolute atomic E-state index is 13.1. The lowest BCUT2D eigenvalue weighted by atomic mass is 10.0. The van der Waals surface area contributed by atoms with Crippen LogP contribution in [0.1, 0.15) is 61.6 Å². The van der Waals surface area contributed by atoms with Crippen LogP contribution in [0.3, 0.4) is 0 Å². The Morgan fingerprint density at radius 3 is 2.61 bits per heavy atom. The lowest BCUT2D eigenvalue weighted by Crippen LogP contribution is -2.35. The molecule has 33 heavy (non-hydrogen) atoms. The van der Waals surface area contributed by atoms with Gasteiger partial charge in [-0.05, 0) is 51.0 Å². The predicted molar refractivity (Wildman–Crippen MR) is 123 cm³/mol. The molecule has 1 amide bonds. The van der Waals surface area contributed by atoms with Crippen LogP contribution in [-0.2, 0) is 19.6 Å². The number of piperidine rings is 1. The summed E-state index contributed by atoms with van der Waals surface area (Å²) >= 11 is 0. The number of benzene rings is 2. The number of cyclic esters (lactones) is 1. The number of hydrogen-bond acceptors (Lipinski definition) is 6. The van der Waals surface area contributed by atoms with Gasteiger partial charge in [0.2, 0.25) is 15.9 Å². The molecule has 0 aromatic heterocycles. The van der Waals surface area contributed by atoms with Crippen LogP contribution in [-0.4, -0.2) is 43.8 Å². The molecule has 1 saturated heterocycles. The van der Waals surface area contributed by atoms with E-state index in [-0.39, 0.29) is 23.1 Å². The van der Waals surface area contributed by atoms with Crippen molar-refractivity contribution in [1.82, 2.24) is 4.31 Å². The second kappa shape index (κ2) is 9.52. The number of anilines is 1. The quantitative estimate of drug-likeness (QED) is 0.614. The van der Waals surface area contributed by atoms with E-state index >= 15 is 0 Å². The Morgan fingerprint density at radius 1 is 1.15 bits per heavy atom. The van der Waals surface area contributed by atoms with Crippen molar-refractivity contribution in [3.8, 4) is 5.75 Å². The molecule has 4 rings (SSSR count). The van der Waals surface area contributed by atoms with E-state index in [2.05, 4.69) is 5.32 Å². The molecule has 9 heteroatoms. The zero-order valence-electron chi connectivity index (χ0n) is 18.7. The Kier molecular flexibility index (Phi) is 6.71. The lowest BCUT2D eigenvalue weighted by molar-refractivity contribution is -0.118. The Hall–Kier alpha value is -2.91. The molecule has 1 atom stereocenters. The maximum atomic E-state index is 13.1. The Labute approximate surface area is 193 Å². The highest BCUT2D eigenvalue weighted by molar-refractivity contribution is 7.89. The van der Waals surface area contributed by atoms with Crippen molar-refractivity contribution in [2.45, 2.75) is 56.6 Å². The number of carbonyl (C=O) groups excluding carboxylic acids is 2. The van der Waals surface area contributed by atoms with Crippen LogP contribution < -0.4 is 10.1 Å². The summed E-state index contributed by atoms with van der Waals surface area (Å²) in [6.45, 7) is 4.67. The van der Waals surface area contributed by atoms with Crippen LogP contribution in [0.4, 0.5) is 5.69 Å². The predicted octanol–water partition coefficient (Wildman–Crippen LogP) is 3.89. The molecule has 2 aliphatic heterocycles. The number of ether oxygens (including phenoxy) is 2. The second-order valence-corrected chi connectivity index (χ2v) is 10.5. The van der Waals surface area contributed by atoms with E-state index in [4.69, 9.17) is 9.47 Å². The highest BCUT2D eigenvalue weighted by Crippen LogP contribution is 2.35. The lowest BCUT2D eigenvalue weighted by Gasteiger charge is -2.26. The van der Waals surface area contributed by atoms with Crippen LogP contribution in [0, 0.1) is 0 Å². The number of hydrogen-bond donors (Lipinski definition) is 1. The molecule has 1 fully saturated rings. The average molecular weight is 473 g/mol. The third-order valence-electron chi connectivity index (χ3n) is 5.69. The van der Waals surface area contributed by atoms with Crippen molar-refractivity contribution < 1.29 is 27.5 Å². The van der Waals surface area contributed by atoms with Gasteiger partial charge in [0.1, 0.15) is 11.9 Å². The average Bonchev–Trinajstić information content (AvgIpc) is 3.10. The summed E-state index contributed by atoms with van der Waals surface area (Å²) < 4.78 is 38.9. The van der Waals surface area contributed by atoms with E-state index in [0.29, 0.717) is 30.0 Å². The van der Waals surface area contributed by atoms with Crippen molar-refractivity contribution in [3.63, 3.8) is 0 Å². The maximum Gasteiger partial charge on any atom is 0.339 e. The summed E-state index contributed by atoms with van der Waals surface area (Å²) in [6.07, 6.45) is 1.73. The van der Waals surface area contributed by atoms with Gasteiger partial charge in [-0.15, -0.1) is 0 Å². The summed E-state index contributed by atoms with van der Waals surface area (Å²) in [5.74, 6) is -0.493. The van der Waals surface area contributed by atoms with Gasteiger partial charge in [0, 0.05) is 18.7 Å². The number of amides is 1. The molecule has 0 aliphatic carbocycles. The van der Waals surface area contributed by atoms with E-state index < -0.39 is 28.0 Å². The minimum atomic E-state index is -3.68. The van der Waals surface area contributed by atoms with Gasteiger partial charge in [0.05, 0.1) is 28.7 Å². The van der Waals surface area contributed by atoms with Crippen LogP contribution in [0.15, 0.2) is 47.4 Å². The van der Waals surface area contributed by atoms with Gasteiger partial charge in [-0.1, -0.05) is 24.6 Å². The molecular formula is C24H28N2O6S. The SMILES string of the molecule is CC(C)Oc1ccc(S(=O)(=O)N2CCCCC2)cc1NC(=O)C[C@H]1OC(=O)c2ccccc21. The van der Waals surface area contributed by atoms with Crippen molar-refractivity contribution >= 4 is 27.6 Å². The first-order chi connectivity index (χ1) is 15.8. The second-order valence-electron chi connectivity index (χ2n) is 8.52. The van der Waals surface area contributed by atoms with Crippen LogP contribution in [0.5, 0.6) is 5.75 Å². The van der Waals surface area contributed by atoms with Crippen LogP contribution in [0.2, 0.25) is 0 Å². The molecule has 0 spiro atoms. The molecule has 176 valence electrons. The first kappa shape index (κ1) is 23.3. The molecule has 8 nitrogen and oxygen atoms in total. The number of esters is 1. The summed E-state index contributed by atoms with van der Waals surface area (Å²) in [4.78, 5) is 25.0. The highest BCUT2D eigenvalue weighted by atomic mass is 32.2. The minimum Gasteiger partial charge on any atom is -0.489 e. The number of nitrogens with one attached hydrogen (secondary N) is 1. The third-order valence-corrected chi connectivity index (χ3v) is 7.58. The van der Waals surface area contributed by atoms with E-state index in [1.54, 1.807) is 30.3 Å². The third kappa shape index (κ3) is 5.04. The van der Waals surface area contributed by atoms with E-state index in [0.717, 1.165) is 19.3 Å². The molecule has 1 N–H and O–H groups in total. The van der Waals surface area contributed by atoms with Gasteiger partial charge < -0.3 is 14.8 Å². The topological polar surface area (TPSA) is 102 Å². The summed E-state index contributed by atoms with van der Waals surface area (Å²) in [5, 5.41) is 2.77. The Bertz CT molecular complexity index is 1160. The fraction of sp³-hybridized carbons (Fsp3) is 0.417. The van der Waals surface area contributed by atoms with E-state index in [1.807, 2.05) is 13.8 Å². The first-order valence-electron chi connectivity index (χ1n) is 11.2. The highest BCUT2D eigenvalue weighted by Gasteiger charge is 2.32. The molecule has 2 aromatic rings. The van der Waals surface area contributed by atoms with Crippen LogP contribution >= 0.6 is 0 Å². The minimum absolute atomic E-state index is 0.0903. The number of nitrogens with zero attached hydrogens (tertiary/aromatic N) is 1. The number of sulfonamides is 1. The van der Waals surface area contributed by atoms with Crippen molar-refractivity contribution in [2.24, 2.45) is 0 Å². The largest absolute Gasteiger partial charge is 0.489 e. The fourth-order valence-corrected chi connectivity index (χ4v) is 5.66. The summed E-state index contributed by atoms with van der Waals surface area (Å²) in [7, 11) is -3.68. The monoisotopic (exact) mass is 472 g/mol. The Morgan fingerprint density at radius 2 is 1.88 bits per heavy atom. The smallest absolute Gasteiger partial charge is 0.339 e. The van der Waals surface area contributed by atoms with Crippen molar-refractivity contribution in [2.75, 3.05) is 18.4 Å². The molecule has 2 heterocycles. The van der Waals surface area contributed by atoms with Crippen molar-refractivity contribution in [1.29, 1.82) is 0 Å². The zero-order valence-corrected chi connectivity index (χ0v) is 19.6. The van der Waals surface area contributed by atoms with Gasteiger partial charge in [0.15, 0.2) is 0 Å². The number of rotatable bonds is 7. The summed E-state index contributed by atoms with van der Waals surface area (Å²) in [5.41, 5.74) is 1.39. The van der Waals surface area contributed by atoms with Gasteiger partial charge in [-0.25, -0.2) is 13.2 Å². The fourth-order valence-electron chi connectivity index (χ4n) is 4.12. The molecular weight excluding hydrogens is 444 g/mol. The first-order valence-corrected chi connectivity index (χ1v) is 12.6. The molecule has 2 aliphatic rings. The van der Waals surface area contributed by atoms with Gasteiger partial charge >= 0.3 is 5.97 Å². The number of carbonyl (C=O) groups is 2. The standard InChI is InChI=1S/C24H28N2O6S/c1-16(2)31-21-11-10-17(33(29,30)26-12-6-3-7-13-26)14-20(21)25-23(27)15-22-18-8-4-5-9-19(18)24(28)32-22/h4-5,8-11,14,16,22H,3,6-7,12-13,15H2,1-2H3,(H,25,27)/t22-/m1/s1. The molecule has 0 radical (unpaired) electrons. The molecule has 0 unspecified atom stereocenters. The van der Waals surface area contributed by atoms with E-state index in [9.17, 15) is 18.0 Å². The number of fused-ring (bicyclic) bond motifs is 1. The molecule has 2 aromatic carbocycles. The molecule has 0 saturated carbocycles. The van der Waals surface area contributed by atoms with Gasteiger partial charge in [0.25, 0.3) is 0 Å². The van der Waals surface area contributed by atoms with Gasteiger partial charge in [-0.2, -0.15) is 4.31 Å². The summed E-state index contributed by atoms with van der Waals surface area (Å²) in [6, 6.07) is 11.5. The Balaban J connectivity index is 1.57. The molecule has 0 bridgehead atoms.